The third-order valence-electron chi connectivity index (χ3n) is 2.27. The number of hydrogen-bond donors (Lipinski definition) is 1. The first kappa shape index (κ1) is 16.4. The Bertz CT molecular complexity index is 448. The Hall–Kier alpha value is -1.64. The molecule has 2 atom stereocenters. The van der Waals surface area contributed by atoms with Crippen molar-refractivity contribution in [3.63, 3.8) is 0 Å². The van der Waals surface area contributed by atoms with Crippen LogP contribution in [0.5, 0.6) is 0 Å². The highest BCUT2D eigenvalue weighted by molar-refractivity contribution is 5.85. The summed E-state index contributed by atoms with van der Waals surface area (Å²) in [6.07, 6.45) is -1.97. The average molecular weight is 273 g/mol. The molecule has 0 radical (unpaired) electrons. The molecule has 0 bridgehead atoms. The summed E-state index contributed by atoms with van der Waals surface area (Å²) in [6.45, 7) is 1.67. The van der Waals surface area contributed by atoms with Crippen molar-refractivity contribution >= 4 is 18.4 Å². The van der Waals surface area contributed by atoms with E-state index in [2.05, 4.69) is 4.74 Å². The number of alkyl halides is 1. The van der Waals surface area contributed by atoms with E-state index in [0.29, 0.717) is 5.56 Å². The zero-order valence-corrected chi connectivity index (χ0v) is 10.6. The second kappa shape index (κ2) is 7.64. The van der Waals surface area contributed by atoms with Crippen LogP contribution in [0, 0.1) is 11.3 Å². The molecule has 0 aliphatic rings. The van der Waals surface area contributed by atoms with E-state index in [0.717, 1.165) is 0 Å². The molecular formula is C12H14ClFN2O2. The number of carbonyl (C=O) groups is 1. The van der Waals surface area contributed by atoms with Crippen LogP contribution in [0.25, 0.3) is 0 Å². The molecule has 0 aromatic heterocycles. The molecule has 0 spiro atoms. The van der Waals surface area contributed by atoms with E-state index in [1.807, 2.05) is 6.07 Å². The Kier molecular flexibility index (Phi) is 6.94. The number of rotatable bonds is 4. The summed E-state index contributed by atoms with van der Waals surface area (Å²) >= 11 is 0. The maximum absolute atomic E-state index is 13.7. The molecule has 0 fully saturated rings. The van der Waals surface area contributed by atoms with Gasteiger partial charge in [0.1, 0.15) is 0 Å². The first-order valence-electron chi connectivity index (χ1n) is 5.17. The van der Waals surface area contributed by atoms with Gasteiger partial charge in [-0.2, -0.15) is 5.26 Å². The van der Waals surface area contributed by atoms with Gasteiger partial charge in [0.2, 0.25) is 6.17 Å². The zero-order chi connectivity index (χ0) is 12.8. The average Bonchev–Trinajstić information content (AvgIpc) is 2.37. The number of ether oxygens (including phenoxy) is 1. The number of hydrogen-bond acceptors (Lipinski definition) is 4. The van der Waals surface area contributed by atoms with E-state index < -0.39 is 18.2 Å². The van der Waals surface area contributed by atoms with Gasteiger partial charge >= 0.3 is 5.97 Å². The fourth-order valence-corrected chi connectivity index (χ4v) is 1.42. The molecular weight excluding hydrogens is 259 g/mol. The van der Waals surface area contributed by atoms with Crippen molar-refractivity contribution in [1.82, 2.24) is 0 Å². The molecule has 1 aromatic carbocycles. The molecule has 0 aliphatic heterocycles. The number of nitriles is 1. The molecule has 1 rings (SSSR count). The summed E-state index contributed by atoms with van der Waals surface area (Å²) in [5.41, 5.74) is 6.18. The maximum Gasteiger partial charge on any atom is 0.342 e. The van der Waals surface area contributed by atoms with Crippen molar-refractivity contribution in [2.24, 2.45) is 5.73 Å². The molecule has 0 amide bonds. The van der Waals surface area contributed by atoms with Gasteiger partial charge in [-0.25, -0.2) is 9.18 Å². The lowest BCUT2D eigenvalue weighted by atomic mass is 9.98. The number of benzene rings is 1. The lowest BCUT2D eigenvalue weighted by Crippen LogP contribution is -2.32. The van der Waals surface area contributed by atoms with E-state index in [1.54, 1.807) is 19.1 Å². The summed E-state index contributed by atoms with van der Waals surface area (Å²) in [4.78, 5) is 11.2. The van der Waals surface area contributed by atoms with Gasteiger partial charge in [-0.3, -0.25) is 0 Å². The topological polar surface area (TPSA) is 76.1 Å². The lowest BCUT2D eigenvalue weighted by molar-refractivity contribution is -0.149. The fourth-order valence-electron chi connectivity index (χ4n) is 1.42. The Balaban J connectivity index is 0.00000289. The number of halogens is 2. The van der Waals surface area contributed by atoms with Gasteiger partial charge in [0.25, 0.3) is 0 Å². The summed E-state index contributed by atoms with van der Waals surface area (Å²) in [5, 5.41) is 8.85. The Morgan fingerprint density at radius 3 is 2.72 bits per heavy atom. The fraction of sp³-hybridized carbons (Fsp3) is 0.333. The van der Waals surface area contributed by atoms with Crippen molar-refractivity contribution in [3.8, 4) is 6.07 Å². The predicted octanol–water partition coefficient (Wildman–Crippen LogP) is 1.88. The predicted molar refractivity (Wildman–Crippen MR) is 66.9 cm³/mol. The summed E-state index contributed by atoms with van der Waals surface area (Å²) in [6, 6.07) is 7.04. The highest BCUT2D eigenvalue weighted by Gasteiger charge is 2.29. The molecule has 18 heavy (non-hydrogen) atoms. The second-order valence-electron chi connectivity index (χ2n) is 3.38. The summed E-state index contributed by atoms with van der Waals surface area (Å²) in [5.74, 6) is -1.01. The summed E-state index contributed by atoms with van der Waals surface area (Å²) in [7, 11) is 0. The van der Waals surface area contributed by atoms with Crippen molar-refractivity contribution < 1.29 is 13.9 Å². The third-order valence-corrected chi connectivity index (χ3v) is 2.27. The molecule has 4 nitrogen and oxygen atoms in total. The van der Waals surface area contributed by atoms with Crippen LogP contribution in [0.15, 0.2) is 24.3 Å². The van der Waals surface area contributed by atoms with Gasteiger partial charge in [0, 0.05) is 0 Å². The quantitative estimate of drug-likeness (QED) is 0.849. The van der Waals surface area contributed by atoms with Gasteiger partial charge in [-0.1, -0.05) is 18.2 Å². The molecule has 0 heterocycles. The second-order valence-corrected chi connectivity index (χ2v) is 3.38. The van der Waals surface area contributed by atoms with Crippen LogP contribution in [-0.4, -0.2) is 18.7 Å². The third kappa shape index (κ3) is 3.69. The van der Waals surface area contributed by atoms with Crippen molar-refractivity contribution in [2.75, 3.05) is 6.61 Å². The minimum atomic E-state index is -1.97. The molecule has 1 aromatic rings. The number of nitrogens with zero attached hydrogens (tertiary/aromatic N) is 1. The molecule has 0 saturated heterocycles. The molecule has 0 saturated carbocycles. The van der Waals surface area contributed by atoms with E-state index in [9.17, 15) is 9.18 Å². The smallest absolute Gasteiger partial charge is 0.342 e. The van der Waals surface area contributed by atoms with Crippen LogP contribution in [0.2, 0.25) is 0 Å². The monoisotopic (exact) mass is 272 g/mol. The minimum Gasteiger partial charge on any atom is -0.464 e. The Labute approximate surface area is 111 Å². The zero-order valence-electron chi connectivity index (χ0n) is 9.80. The summed E-state index contributed by atoms with van der Waals surface area (Å²) < 4.78 is 18.2. The van der Waals surface area contributed by atoms with E-state index >= 15 is 0 Å². The van der Waals surface area contributed by atoms with Gasteiger partial charge in [0.15, 0.2) is 0 Å². The Morgan fingerprint density at radius 1 is 1.56 bits per heavy atom. The van der Waals surface area contributed by atoms with Gasteiger partial charge in [-0.15, -0.1) is 12.4 Å². The van der Waals surface area contributed by atoms with Crippen molar-refractivity contribution in [2.45, 2.75) is 19.1 Å². The van der Waals surface area contributed by atoms with Crippen LogP contribution < -0.4 is 5.73 Å². The van der Waals surface area contributed by atoms with E-state index in [-0.39, 0.29) is 24.6 Å². The number of esters is 1. The molecule has 2 N–H and O–H groups in total. The largest absolute Gasteiger partial charge is 0.464 e. The van der Waals surface area contributed by atoms with E-state index in [4.69, 9.17) is 11.0 Å². The van der Waals surface area contributed by atoms with Crippen molar-refractivity contribution in [1.29, 1.82) is 5.26 Å². The van der Waals surface area contributed by atoms with Gasteiger partial charge < -0.3 is 10.5 Å². The number of carbonyl (C=O) groups excluding carboxylic acids is 1. The molecule has 0 aliphatic carbocycles. The first-order chi connectivity index (χ1) is 8.11. The highest BCUT2D eigenvalue weighted by atomic mass is 35.5. The SMILES string of the molecule is CCOC(=O)C(F)[C@H](N)c1ccccc1C#N.Cl. The van der Waals surface area contributed by atoms with Gasteiger partial charge in [-0.05, 0) is 18.6 Å². The standard InChI is InChI=1S/C12H13FN2O2.ClH/c1-2-17-12(16)10(13)11(15)9-6-4-3-5-8(9)7-14;/h3-6,10-11H,2,15H2,1H3;1H/t10?,11-;/m1./s1. The maximum atomic E-state index is 13.7. The first-order valence-corrected chi connectivity index (χ1v) is 5.17. The number of nitrogens with two attached hydrogens (primary N) is 1. The molecule has 1 unspecified atom stereocenters. The van der Waals surface area contributed by atoms with Crippen molar-refractivity contribution in [3.05, 3.63) is 35.4 Å². The van der Waals surface area contributed by atoms with Gasteiger partial charge in [0.05, 0.1) is 24.3 Å². The lowest BCUT2D eigenvalue weighted by Gasteiger charge is -2.16. The van der Waals surface area contributed by atoms with Crippen LogP contribution in [-0.2, 0) is 9.53 Å². The normalized spacial score (nSPS) is 12.8. The van der Waals surface area contributed by atoms with Crippen LogP contribution >= 0.6 is 12.4 Å². The highest BCUT2D eigenvalue weighted by Crippen LogP contribution is 2.21. The van der Waals surface area contributed by atoms with E-state index in [1.165, 1.54) is 12.1 Å². The van der Waals surface area contributed by atoms with Crippen LogP contribution in [0.4, 0.5) is 4.39 Å². The minimum absolute atomic E-state index is 0. The molecule has 98 valence electrons. The van der Waals surface area contributed by atoms with Crippen LogP contribution in [0.1, 0.15) is 24.1 Å². The Morgan fingerprint density at radius 2 is 2.17 bits per heavy atom. The molecule has 6 heteroatoms. The van der Waals surface area contributed by atoms with Crippen LogP contribution in [0.3, 0.4) is 0 Å².